The molecule has 0 bridgehead atoms. The SMILES string of the molecule is Cc1ccc(-c2c(C(N)=O)ccc3ccccc23)c2ccccc12. The average Bonchev–Trinajstić information content (AvgIpc) is 2.61. The summed E-state index contributed by atoms with van der Waals surface area (Å²) in [5.74, 6) is -0.402. The van der Waals surface area contributed by atoms with Crippen LogP contribution in [0.25, 0.3) is 32.7 Å². The highest BCUT2D eigenvalue weighted by Crippen LogP contribution is 2.37. The van der Waals surface area contributed by atoms with Gasteiger partial charge in [-0.3, -0.25) is 4.79 Å². The van der Waals surface area contributed by atoms with Crippen LogP contribution in [0.2, 0.25) is 0 Å². The van der Waals surface area contributed by atoms with Crippen LogP contribution in [0, 0.1) is 6.92 Å². The summed E-state index contributed by atoms with van der Waals surface area (Å²) in [5.41, 5.74) is 9.41. The smallest absolute Gasteiger partial charge is 0.249 e. The molecule has 2 nitrogen and oxygen atoms in total. The van der Waals surface area contributed by atoms with Gasteiger partial charge in [0.05, 0.1) is 0 Å². The summed E-state index contributed by atoms with van der Waals surface area (Å²) in [7, 11) is 0. The number of aryl methyl sites for hydroxylation is 1. The number of carbonyl (C=O) groups is 1. The Morgan fingerprint density at radius 2 is 1.42 bits per heavy atom. The van der Waals surface area contributed by atoms with Crippen molar-refractivity contribution in [3.8, 4) is 11.1 Å². The minimum Gasteiger partial charge on any atom is -0.366 e. The summed E-state index contributed by atoms with van der Waals surface area (Å²) in [4.78, 5) is 12.1. The molecule has 0 spiro atoms. The zero-order valence-corrected chi connectivity index (χ0v) is 13.4. The topological polar surface area (TPSA) is 43.1 Å². The molecule has 0 atom stereocenters. The van der Waals surface area contributed by atoms with Gasteiger partial charge in [-0.2, -0.15) is 0 Å². The molecule has 0 heterocycles. The molecule has 4 rings (SSSR count). The van der Waals surface area contributed by atoms with Gasteiger partial charge in [0, 0.05) is 11.1 Å². The Balaban J connectivity index is 2.20. The van der Waals surface area contributed by atoms with Crippen LogP contribution in [-0.2, 0) is 0 Å². The number of hydrogen-bond acceptors (Lipinski definition) is 1. The first-order valence-electron chi connectivity index (χ1n) is 7.97. The summed E-state index contributed by atoms with van der Waals surface area (Å²) in [6.45, 7) is 2.10. The first-order chi connectivity index (χ1) is 11.7. The molecule has 4 aromatic carbocycles. The molecule has 4 aromatic rings. The minimum atomic E-state index is -0.402. The maximum absolute atomic E-state index is 12.1. The molecule has 0 aliphatic rings. The van der Waals surface area contributed by atoms with Gasteiger partial charge in [0.15, 0.2) is 0 Å². The highest BCUT2D eigenvalue weighted by molar-refractivity contribution is 6.14. The van der Waals surface area contributed by atoms with E-state index < -0.39 is 5.91 Å². The van der Waals surface area contributed by atoms with Crippen molar-refractivity contribution in [1.82, 2.24) is 0 Å². The van der Waals surface area contributed by atoms with E-state index in [1.165, 1.54) is 10.9 Å². The number of benzene rings is 4. The largest absolute Gasteiger partial charge is 0.366 e. The van der Waals surface area contributed by atoms with Gasteiger partial charge >= 0.3 is 0 Å². The fourth-order valence-electron chi connectivity index (χ4n) is 3.43. The second kappa shape index (κ2) is 5.50. The lowest BCUT2D eigenvalue weighted by Crippen LogP contribution is -2.12. The predicted molar refractivity (Wildman–Crippen MR) is 100 cm³/mol. The van der Waals surface area contributed by atoms with Crippen LogP contribution >= 0.6 is 0 Å². The molecule has 2 heteroatoms. The number of amides is 1. The molecule has 24 heavy (non-hydrogen) atoms. The second-order valence-corrected chi connectivity index (χ2v) is 6.05. The van der Waals surface area contributed by atoms with Crippen LogP contribution in [0.3, 0.4) is 0 Å². The van der Waals surface area contributed by atoms with Crippen molar-refractivity contribution in [3.05, 3.63) is 83.9 Å². The van der Waals surface area contributed by atoms with Gasteiger partial charge in [0.25, 0.3) is 0 Å². The Kier molecular flexibility index (Phi) is 3.31. The number of hydrogen-bond donors (Lipinski definition) is 1. The zero-order valence-electron chi connectivity index (χ0n) is 13.4. The second-order valence-electron chi connectivity index (χ2n) is 6.05. The average molecular weight is 311 g/mol. The van der Waals surface area contributed by atoms with E-state index in [1.54, 1.807) is 0 Å². The monoisotopic (exact) mass is 311 g/mol. The summed E-state index contributed by atoms with van der Waals surface area (Å²) in [6, 6.07) is 24.4. The lowest BCUT2D eigenvalue weighted by atomic mass is 9.89. The van der Waals surface area contributed by atoms with Crippen LogP contribution < -0.4 is 5.73 Å². The lowest BCUT2D eigenvalue weighted by molar-refractivity contribution is 0.100. The first-order valence-corrected chi connectivity index (χ1v) is 7.97. The summed E-state index contributed by atoms with van der Waals surface area (Å²) in [6.07, 6.45) is 0. The third kappa shape index (κ3) is 2.16. The molecule has 0 aliphatic heterocycles. The Labute approximate surface area is 140 Å². The summed E-state index contributed by atoms with van der Waals surface area (Å²) >= 11 is 0. The van der Waals surface area contributed by atoms with Crippen molar-refractivity contribution in [2.24, 2.45) is 5.73 Å². The van der Waals surface area contributed by atoms with Crippen molar-refractivity contribution < 1.29 is 4.79 Å². The molecule has 0 aromatic heterocycles. The minimum absolute atomic E-state index is 0.402. The molecule has 116 valence electrons. The molecular weight excluding hydrogens is 294 g/mol. The zero-order chi connectivity index (χ0) is 16.7. The first kappa shape index (κ1) is 14.5. The van der Waals surface area contributed by atoms with Gasteiger partial charge in [0.1, 0.15) is 0 Å². The van der Waals surface area contributed by atoms with Crippen LogP contribution in [0.4, 0.5) is 0 Å². The molecule has 0 radical (unpaired) electrons. The van der Waals surface area contributed by atoms with Gasteiger partial charge < -0.3 is 5.73 Å². The number of carbonyl (C=O) groups excluding carboxylic acids is 1. The van der Waals surface area contributed by atoms with Gasteiger partial charge in [-0.25, -0.2) is 0 Å². The molecule has 0 saturated heterocycles. The van der Waals surface area contributed by atoms with Crippen molar-refractivity contribution in [3.63, 3.8) is 0 Å². The fourth-order valence-corrected chi connectivity index (χ4v) is 3.43. The van der Waals surface area contributed by atoms with Gasteiger partial charge in [0.2, 0.25) is 5.91 Å². The van der Waals surface area contributed by atoms with E-state index >= 15 is 0 Å². The highest BCUT2D eigenvalue weighted by Gasteiger charge is 2.16. The van der Waals surface area contributed by atoms with E-state index in [0.29, 0.717) is 5.56 Å². The van der Waals surface area contributed by atoms with E-state index in [0.717, 1.165) is 27.3 Å². The molecule has 0 fully saturated rings. The third-order valence-electron chi connectivity index (χ3n) is 4.61. The van der Waals surface area contributed by atoms with Crippen LogP contribution in [0.15, 0.2) is 72.8 Å². The van der Waals surface area contributed by atoms with Crippen molar-refractivity contribution in [1.29, 1.82) is 0 Å². The Morgan fingerprint density at radius 3 is 2.17 bits per heavy atom. The summed E-state index contributed by atoms with van der Waals surface area (Å²) < 4.78 is 0. The van der Waals surface area contributed by atoms with E-state index in [9.17, 15) is 4.79 Å². The van der Waals surface area contributed by atoms with E-state index in [2.05, 4.69) is 37.3 Å². The van der Waals surface area contributed by atoms with E-state index in [1.807, 2.05) is 42.5 Å². The fraction of sp³-hybridized carbons (Fsp3) is 0.0455. The van der Waals surface area contributed by atoms with Gasteiger partial charge in [-0.15, -0.1) is 0 Å². The van der Waals surface area contributed by atoms with E-state index in [-0.39, 0.29) is 0 Å². The molecule has 0 aliphatic carbocycles. The lowest BCUT2D eigenvalue weighted by Gasteiger charge is -2.15. The van der Waals surface area contributed by atoms with Crippen molar-refractivity contribution in [2.75, 3.05) is 0 Å². The quantitative estimate of drug-likeness (QED) is 0.552. The highest BCUT2D eigenvalue weighted by atomic mass is 16.1. The molecule has 2 N–H and O–H groups in total. The van der Waals surface area contributed by atoms with Crippen molar-refractivity contribution in [2.45, 2.75) is 6.92 Å². The molecule has 0 unspecified atom stereocenters. The predicted octanol–water partition coefficient (Wildman–Crippen LogP) is 5.07. The normalized spacial score (nSPS) is 11.0. The van der Waals surface area contributed by atoms with Crippen LogP contribution in [0.1, 0.15) is 15.9 Å². The number of nitrogens with two attached hydrogens (primary N) is 1. The molecule has 0 saturated carbocycles. The number of rotatable bonds is 2. The maximum Gasteiger partial charge on any atom is 0.249 e. The van der Waals surface area contributed by atoms with Gasteiger partial charge in [-0.1, -0.05) is 66.7 Å². The van der Waals surface area contributed by atoms with Gasteiger partial charge in [-0.05, 0) is 45.7 Å². The van der Waals surface area contributed by atoms with Crippen molar-refractivity contribution >= 4 is 27.5 Å². The maximum atomic E-state index is 12.1. The Bertz CT molecular complexity index is 1100. The number of primary amides is 1. The summed E-state index contributed by atoms with van der Waals surface area (Å²) in [5, 5.41) is 4.47. The molecule has 1 amide bonds. The Morgan fingerprint density at radius 1 is 0.750 bits per heavy atom. The number of fused-ring (bicyclic) bond motifs is 2. The molecular formula is C22H17NO. The van der Waals surface area contributed by atoms with E-state index in [4.69, 9.17) is 5.73 Å². The van der Waals surface area contributed by atoms with Crippen LogP contribution in [0.5, 0.6) is 0 Å². The standard InChI is InChI=1S/C22H17NO/c1-14-10-12-19(18-9-5-4-7-16(14)18)21-17-8-3-2-6-15(17)11-13-20(21)22(23)24/h2-13H,1H3,(H2,23,24). The Hall–Kier alpha value is -3.13. The van der Waals surface area contributed by atoms with Crippen LogP contribution in [-0.4, -0.2) is 5.91 Å². The third-order valence-corrected chi connectivity index (χ3v) is 4.61.